The van der Waals surface area contributed by atoms with Gasteiger partial charge in [-0.05, 0) is 27.0 Å². The topological polar surface area (TPSA) is 67.6 Å². The maximum Gasteiger partial charge on any atom is 0.573 e. The molecule has 1 aromatic carbocycles. The zero-order valence-corrected chi connectivity index (χ0v) is 13.9. The Balaban J connectivity index is 2.03. The van der Waals surface area contributed by atoms with Gasteiger partial charge in [-0.1, -0.05) is 23.4 Å². The van der Waals surface area contributed by atoms with Crippen LogP contribution in [0.3, 0.4) is 0 Å². The second-order valence-electron chi connectivity index (χ2n) is 5.57. The van der Waals surface area contributed by atoms with Gasteiger partial charge in [-0.25, -0.2) is 0 Å². The second-order valence-corrected chi connectivity index (χ2v) is 5.57. The molecule has 1 N–H and O–H groups in total. The molecule has 0 spiro atoms. The minimum absolute atomic E-state index is 0.0935. The Morgan fingerprint density at radius 1 is 1.40 bits per heavy atom. The zero-order chi connectivity index (χ0) is 18.6. The molecule has 0 radical (unpaired) electrons. The largest absolute Gasteiger partial charge is 0.573 e. The van der Waals surface area contributed by atoms with Gasteiger partial charge in [0.25, 0.3) is 0 Å². The number of aryl methyl sites for hydroxylation is 1. The number of aromatic nitrogens is 1. The zero-order valence-electron chi connectivity index (χ0n) is 13.9. The third-order valence-electron chi connectivity index (χ3n) is 3.53. The highest BCUT2D eigenvalue weighted by atomic mass is 19.4. The number of carbonyl (C=O) groups excluding carboxylic acids is 1. The number of nitrogens with zero attached hydrogens (tertiary/aromatic N) is 2. The van der Waals surface area contributed by atoms with Crippen molar-refractivity contribution in [1.82, 2.24) is 10.1 Å². The first-order valence-electron chi connectivity index (χ1n) is 7.44. The molecule has 0 fully saturated rings. The fourth-order valence-electron chi connectivity index (χ4n) is 2.11. The van der Waals surface area contributed by atoms with E-state index in [1.165, 1.54) is 18.2 Å². The normalized spacial score (nSPS) is 12.9. The van der Waals surface area contributed by atoms with Crippen LogP contribution in [0.1, 0.15) is 18.2 Å². The number of ether oxygens (including phenoxy) is 1. The minimum Gasteiger partial charge on any atom is -0.405 e. The van der Waals surface area contributed by atoms with Crippen LogP contribution in [0, 0.1) is 6.92 Å². The summed E-state index contributed by atoms with van der Waals surface area (Å²) in [5.41, 5.74) is 0.937. The Kier molecular flexibility index (Phi) is 5.68. The summed E-state index contributed by atoms with van der Waals surface area (Å²) >= 11 is 0. The van der Waals surface area contributed by atoms with E-state index in [0.717, 1.165) is 0 Å². The molecule has 0 aliphatic rings. The van der Waals surface area contributed by atoms with E-state index in [-0.39, 0.29) is 24.1 Å². The Labute approximate surface area is 142 Å². The molecular formula is C16H18F3N3O3. The fourth-order valence-corrected chi connectivity index (χ4v) is 2.11. The highest BCUT2D eigenvalue weighted by Crippen LogP contribution is 2.27. The number of carbonyl (C=O) groups is 1. The molecule has 0 saturated carbocycles. The Bertz CT molecular complexity index is 731. The van der Waals surface area contributed by atoms with E-state index >= 15 is 0 Å². The molecule has 0 saturated heterocycles. The summed E-state index contributed by atoms with van der Waals surface area (Å²) in [5.74, 6) is -0.447. The molecule has 0 aliphatic heterocycles. The fraction of sp³-hybridized carbons (Fsp3) is 0.375. The molecule has 1 heterocycles. The van der Waals surface area contributed by atoms with E-state index in [4.69, 9.17) is 4.52 Å². The van der Waals surface area contributed by atoms with Gasteiger partial charge in [0.2, 0.25) is 11.8 Å². The van der Waals surface area contributed by atoms with Gasteiger partial charge in [-0.15, -0.1) is 13.2 Å². The number of amides is 1. The third-order valence-corrected chi connectivity index (χ3v) is 3.53. The summed E-state index contributed by atoms with van der Waals surface area (Å²) in [7, 11) is 1.63. The van der Waals surface area contributed by atoms with Crippen LogP contribution in [0.2, 0.25) is 0 Å². The van der Waals surface area contributed by atoms with Crippen molar-refractivity contribution in [1.29, 1.82) is 0 Å². The summed E-state index contributed by atoms with van der Waals surface area (Å²) in [6, 6.07) is 6.75. The van der Waals surface area contributed by atoms with Gasteiger partial charge in [0, 0.05) is 18.2 Å². The van der Waals surface area contributed by atoms with Crippen LogP contribution in [0.15, 0.2) is 34.9 Å². The van der Waals surface area contributed by atoms with Crippen molar-refractivity contribution >= 4 is 11.8 Å². The smallest absolute Gasteiger partial charge is 0.405 e. The van der Waals surface area contributed by atoms with E-state index < -0.39 is 12.4 Å². The van der Waals surface area contributed by atoms with E-state index in [0.29, 0.717) is 11.3 Å². The highest BCUT2D eigenvalue weighted by Gasteiger charge is 2.32. The SMILES string of the molecule is Cc1cc(NC(=O)C(C)N(C)Cc2ccccc2OC(F)(F)F)on1. The number of halogens is 3. The third kappa shape index (κ3) is 5.49. The van der Waals surface area contributed by atoms with Crippen molar-refractivity contribution < 1.29 is 27.2 Å². The van der Waals surface area contributed by atoms with E-state index in [1.807, 2.05) is 0 Å². The Morgan fingerprint density at radius 2 is 2.08 bits per heavy atom. The van der Waals surface area contributed by atoms with E-state index in [9.17, 15) is 18.0 Å². The summed E-state index contributed by atoms with van der Waals surface area (Å²) in [4.78, 5) is 13.8. The van der Waals surface area contributed by atoms with Gasteiger partial charge in [-0.3, -0.25) is 15.0 Å². The number of rotatable bonds is 6. The quantitative estimate of drug-likeness (QED) is 0.859. The first kappa shape index (κ1) is 18.8. The summed E-state index contributed by atoms with van der Waals surface area (Å²) < 4.78 is 46.4. The van der Waals surface area contributed by atoms with Crippen LogP contribution >= 0.6 is 0 Å². The minimum atomic E-state index is -4.78. The maximum atomic E-state index is 12.5. The average Bonchev–Trinajstić information content (AvgIpc) is 2.92. The molecule has 1 aromatic heterocycles. The molecule has 2 aromatic rings. The van der Waals surface area contributed by atoms with Crippen molar-refractivity contribution in [2.45, 2.75) is 32.8 Å². The first-order valence-corrected chi connectivity index (χ1v) is 7.44. The molecule has 136 valence electrons. The predicted octanol–water partition coefficient (Wildman–Crippen LogP) is 3.34. The van der Waals surface area contributed by atoms with Crippen molar-refractivity contribution in [2.24, 2.45) is 0 Å². The Morgan fingerprint density at radius 3 is 2.68 bits per heavy atom. The van der Waals surface area contributed by atoms with Crippen molar-refractivity contribution in [3.63, 3.8) is 0 Å². The predicted molar refractivity (Wildman–Crippen MR) is 83.9 cm³/mol. The molecule has 9 heteroatoms. The molecule has 2 rings (SSSR count). The summed E-state index contributed by atoms with van der Waals surface area (Å²) in [6.45, 7) is 3.44. The molecule has 1 unspecified atom stereocenters. The van der Waals surface area contributed by atoms with Crippen molar-refractivity contribution in [2.75, 3.05) is 12.4 Å². The molecule has 1 amide bonds. The lowest BCUT2D eigenvalue weighted by atomic mass is 10.1. The first-order chi connectivity index (χ1) is 11.7. The highest BCUT2D eigenvalue weighted by molar-refractivity contribution is 5.93. The van der Waals surface area contributed by atoms with Crippen molar-refractivity contribution in [3.8, 4) is 5.75 Å². The number of para-hydroxylation sites is 1. The molecule has 6 nitrogen and oxygen atoms in total. The lowest BCUT2D eigenvalue weighted by molar-refractivity contribution is -0.275. The van der Waals surface area contributed by atoms with Crippen LogP contribution in [0.5, 0.6) is 5.75 Å². The van der Waals surface area contributed by atoms with E-state index in [2.05, 4.69) is 15.2 Å². The number of benzene rings is 1. The average molecular weight is 357 g/mol. The number of anilines is 1. The number of alkyl halides is 3. The molecule has 1 atom stereocenters. The molecule has 0 bridgehead atoms. The monoisotopic (exact) mass is 357 g/mol. The molecule has 0 aliphatic carbocycles. The maximum absolute atomic E-state index is 12.5. The van der Waals surface area contributed by atoms with E-state index in [1.54, 1.807) is 37.9 Å². The lowest BCUT2D eigenvalue weighted by Crippen LogP contribution is -2.39. The Hall–Kier alpha value is -2.55. The van der Waals surface area contributed by atoms with Crippen LogP contribution in [0.25, 0.3) is 0 Å². The molecule has 25 heavy (non-hydrogen) atoms. The van der Waals surface area contributed by atoms with Gasteiger partial charge in [-0.2, -0.15) is 0 Å². The second kappa shape index (κ2) is 7.56. The van der Waals surface area contributed by atoms with Gasteiger partial charge in [0.05, 0.1) is 11.7 Å². The standard InChI is InChI=1S/C16H18F3N3O3/c1-10-8-14(25-21-10)20-15(23)11(2)22(3)9-12-6-4-5-7-13(12)24-16(17,18)19/h4-8,11H,9H2,1-3H3,(H,20,23). The number of hydrogen-bond donors (Lipinski definition) is 1. The van der Waals surface area contributed by atoms with Gasteiger partial charge >= 0.3 is 6.36 Å². The van der Waals surface area contributed by atoms with Crippen LogP contribution in [-0.2, 0) is 11.3 Å². The molecular weight excluding hydrogens is 339 g/mol. The number of hydrogen-bond acceptors (Lipinski definition) is 5. The van der Waals surface area contributed by atoms with Crippen molar-refractivity contribution in [3.05, 3.63) is 41.6 Å². The van der Waals surface area contributed by atoms with Crippen LogP contribution in [0.4, 0.5) is 19.1 Å². The van der Waals surface area contributed by atoms with Crippen LogP contribution < -0.4 is 10.1 Å². The van der Waals surface area contributed by atoms with Crippen LogP contribution in [-0.4, -0.2) is 35.4 Å². The number of likely N-dealkylation sites (N-methyl/N-ethyl adjacent to an activating group) is 1. The van der Waals surface area contributed by atoms with Gasteiger partial charge in [0.15, 0.2) is 0 Å². The van der Waals surface area contributed by atoms with Gasteiger partial charge in [0.1, 0.15) is 5.75 Å². The summed E-state index contributed by atoms with van der Waals surface area (Å²) in [5, 5.41) is 6.22. The lowest BCUT2D eigenvalue weighted by Gasteiger charge is -2.24. The van der Waals surface area contributed by atoms with Gasteiger partial charge < -0.3 is 9.26 Å². The summed E-state index contributed by atoms with van der Waals surface area (Å²) in [6.07, 6.45) is -4.78. The number of nitrogens with one attached hydrogen (secondary N) is 1.